The van der Waals surface area contributed by atoms with Crippen LogP contribution in [0.2, 0.25) is 0 Å². The number of hydrogen-bond donors (Lipinski definition) is 1. The molecule has 0 heterocycles. The number of carbonyl (C=O) groups excluding carboxylic acids is 1. The van der Waals surface area contributed by atoms with Gasteiger partial charge in [0.2, 0.25) is 5.91 Å². The highest BCUT2D eigenvalue weighted by molar-refractivity contribution is 5.99. The van der Waals surface area contributed by atoms with Crippen LogP contribution in [0, 0.1) is 17.1 Å². The highest BCUT2D eigenvalue weighted by atomic mass is 19.1. The summed E-state index contributed by atoms with van der Waals surface area (Å²) in [4.78, 5) is 13.1. The van der Waals surface area contributed by atoms with Crippen molar-refractivity contribution in [2.24, 2.45) is 0 Å². The quantitative estimate of drug-likeness (QED) is 0.859. The molecular weight excluding hydrogens is 331 g/mol. The van der Waals surface area contributed by atoms with Crippen LogP contribution >= 0.6 is 0 Å². The maximum absolute atomic E-state index is 14.4. The second-order valence-electron chi connectivity index (χ2n) is 6.48. The lowest BCUT2D eigenvalue weighted by molar-refractivity contribution is -0.121. The normalized spacial score (nSPS) is 15.3. The molecule has 1 N–H and O–H groups in total. The molecule has 1 saturated carbocycles. The number of rotatable bonds is 5. The van der Waals surface area contributed by atoms with E-state index in [1.807, 2.05) is 6.92 Å². The van der Waals surface area contributed by atoms with Gasteiger partial charge in [0.1, 0.15) is 17.6 Å². The Hall–Kier alpha value is -2.87. The fraction of sp³-hybridized carbons (Fsp3) is 0.333. The molecular formula is C21H21FN2O2. The fourth-order valence-corrected chi connectivity index (χ4v) is 3.67. The number of nitrogens with one attached hydrogen (secondary N) is 1. The van der Waals surface area contributed by atoms with Gasteiger partial charge in [0.25, 0.3) is 0 Å². The maximum atomic E-state index is 14.4. The van der Waals surface area contributed by atoms with E-state index < -0.39 is 5.41 Å². The van der Waals surface area contributed by atoms with Crippen LogP contribution in [0.3, 0.4) is 0 Å². The lowest BCUT2D eigenvalue weighted by atomic mass is 9.77. The van der Waals surface area contributed by atoms with Crippen molar-refractivity contribution < 1.29 is 13.9 Å². The molecule has 0 unspecified atom stereocenters. The minimum atomic E-state index is -0.864. The zero-order valence-corrected chi connectivity index (χ0v) is 14.7. The van der Waals surface area contributed by atoms with E-state index in [-0.39, 0.29) is 11.7 Å². The van der Waals surface area contributed by atoms with Crippen molar-refractivity contribution in [2.75, 3.05) is 11.9 Å². The van der Waals surface area contributed by atoms with Crippen LogP contribution in [0.15, 0.2) is 42.5 Å². The minimum Gasteiger partial charge on any atom is -0.492 e. The topological polar surface area (TPSA) is 62.1 Å². The molecule has 0 bridgehead atoms. The lowest BCUT2D eigenvalue weighted by Crippen LogP contribution is -2.38. The van der Waals surface area contributed by atoms with Crippen LogP contribution < -0.4 is 10.1 Å². The molecule has 0 aliphatic heterocycles. The first-order chi connectivity index (χ1) is 12.6. The highest BCUT2D eigenvalue weighted by Gasteiger charge is 2.44. The van der Waals surface area contributed by atoms with Crippen LogP contribution in [-0.4, -0.2) is 12.5 Å². The predicted molar refractivity (Wildman–Crippen MR) is 97.5 cm³/mol. The zero-order chi connectivity index (χ0) is 18.6. The average Bonchev–Trinajstić information content (AvgIpc) is 3.14. The molecule has 134 valence electrons. The third-order valence-corrected chi connectivity index (χ3v) is 4.94. The average molecular weight is 352 g/mol. The summed E-state index contributed by atoms with van der Waals surface area (Å²) >= 11 is 0. The standard InChI is InChI=1S/C21H21FN2O2/c1-2-26-19-10-9-16(13-15(19)14-23)24-20(25)21(11-5-6-12-21)17-7-3-4-8-18(17)22/h3-4,7-10,13H,2,5-6,11-12H2,1H3,(H,24,25). The molecule has 0 radical (unpaired) electrons. The Morgan fingerprint density at radius 2 is 2.00 bits per heavy atom. The summed E-state index contributed by atoms with van der Waals surface area (Å²) in [5, 5.41) is 12.2. The first-order valence-corrected chi connectivity index (χ1v) is 8.84. The lowest BCUT2D eigenvalue weighted by Gasteiger charge is -2.28. The molecule has 3 rings (SSSR count). The van der Waals surface area contributed by atoms with Crippen molar-refractivity contribution in [1.29, 1.82) is 5.26 Å². The summed E-state index contributed by atoms with van der Waals surface area (Å²) < 4.78 is 19.8. The van der Waals surface area contributed by atoms with E-state index in [9.17, 15) is 14.4 Å². The molecule has 0 saturated heterocycles. The molecule has 4 nitrogen and oxygen atoms in total. The van der Waals surface area contributed by atoms with Gasteiger partial charge in [-0.25, -0.2) is 4.39 Å². The Morgan fingerprint density at radius 3 is 2.65 bits per heavy atom. The van der Waals surface area contributed by atoms with Crippen molar-refractivity contribution in [2.45, 2.75) is 38.0 Å². The number of hydrogen-bond acceptors (Lipinski definition) is 3. The number of benzene rings is 2. The summed E-state index contributed by atoms with van der Waals surface area (Å²) in [6.07, 6.45) is 2.99. The van der Waals surface area contributed by atoms with Gasteiger partial charge in [0.15, 0.2) is 0 Å². The van der Waals surface area contributed by atoms with Crippen molar-refractivity contribution in [1.82, 2.24) is 0 Å². The first-order valence-electron chi connectivity index (χ1n) is 8.84. The van der Waals surface area contributed by atoms with Gasteiger partial charge >= 0.3 is 0 Å². The first kappa shape index (κ1) is 17.9. The van der Waals surface area contributed by atoms with Crippen molar-refractivity contribution in [3.05, 3.63) is 59.4 Å². The van der Waals surface area contributed by atoms with Gasteiger partial charge in [-0.1, -0.05) is 31.0 Å². The number of ether oxygens (including phenoxy) is 1. The molecule has 1 fully saturated rings. The Labute approximate surface area is 152 Å². The van der Waals surface area contributed by atoms with Gasteiger partial charge in [-0.15, -0.1) is 0 Å². The largest absolute Gasteiger partial charge is 0.492 e. The summed E-state index contributed by atoms with van der Waals surface area (Å²) in [5.74, 6) is -0.0974. The van der Waals surface area contributed by atoms with E-state index in [0.29, 0.717) is 42.0 Å². The molecule has 0 atom stereocenters. The summed E-state index contributed by atoms with van der Waals surface area (Å²) in [5.41, 5.74) is 0.451. The van der Waals surface area contributed by atoms with Gasteiger partial charge in [-0.3, -0.25) is 4.79 Å². The third kappa shape index (κ3) is 3.28. The number of halogens is 1. The van der Waals surface area contributed by atoms with Gasteiger partial charge in [0, 0.05) is 11.3 Å². The number of amides is 1. The van der Waals surface area contributed by atoms with Crippen LogP contribution in [-0.2, 0) is 10.2 Å². The summed E-state index contributed by atoms with van der Waals surface area (Å²) in [6.45, 7) is 2.30. The van der Waals surface area contributed by atoms with Crippen LogP contribution in [0.25, 0.3) is 0 Å². The second-order valence-corrected chi connectivity index (χ2v) is 6.48. The predicted octanol–water partition coefficient (Wildman–Crippen LogP) is 4.55. The van der Waals surface area contributed by atoms with E-state index in [4.69, 9.17) is 4.74 Å². The Morgan fingerprint density at radius 1 is 1.27 bits per heavy atom. The number of nitriles is 1. The van der Waals surface area contributed by atoms with Gasteiger partial charge in [0.05, 0.1) is 17.6 Å². The molecule has 0 aromatic heterocycles. The maximum Gasteiger partial charge on any atom is 0.235 e. The molecule has 1 aliphatic rings. The number of carbonyl (C=O) groups is 1. The van der Waals surface area contributed by atoms with E-state index in [2.05, 4.69) is 11.4 Å². The minimum absolute atomic E-state index is 0.229. The molecule has 5 heteroatoms. The van der Waals surface area contributed by atoms with Crippen molar-refractivity contribution in [3.8, 4) is 11.8 Å². The number of anilines is 1. The SMILES string of the molecule is CCOc1ccc(NC(=O)C2(c3ccccc3F)CCCC2)cc1C#N. The Balaban J connectivity index is 1.91. The fourth-order valence-electron chi connectivity index (χ4n) is 3.67. The van der Waals surface area contributed by atoms with Gasteiger partial charge in [-0.2, -0.15) is 5.26 Å². The van der Waals surface area contributed by atoms with Crippen LogP contribution in [0.1, 0.15) is 43.7 Å². The molecule has 1 amide bonds. The monoisotopic (exact) mass is 352 g/mol. The van der Waals surface area contributed by atoms with Crippen LogP contribution in [0.4, 0.5) is 10.1 Å². The second kappa shape index (κ2) is 7.57. The Kier molecular flexibility index (Phi) is 5.22. The van der Waals surface area contributed by atoms with Gasteiger partial charge < -0.3 is 10.1 Å². The summed E-state index contributed by atoms with van der Waals surface area (Å²) in [6, 6.07) is 13.5. The van der Waals surface area contributed by atoms with Crippen molar-refractivity contribution in [3.63, 3.8) is 0 Å². The smallest absolute Gasteiger partial charge is 0.235 e. The highest BCUT2D eigenvalue weighted by Crippen LogP contribution is 2.43. The van der Waals surface area contributed by atoms with E-state index in [0.717, 1.165) is 12.8 Å². The molecule has 0 spiro atoms. The third-order valence-electron chi connectivity index (χ3n) is 4.94. The zero-order valence-electron chi connectivity index (χ0n) is 14.7. The molecule has 1 aliphatic carbocycles. The summed E-state index contributed by atoms with van der Waals surface area (Å²) in [7, 11) is 0. The molecule has 2 aromatic rings. The van der Waals surface area contributed by atoms with Crippen LogP contribution in [0.5, 0.6) is 5.75 Å². The van der Waals surface area contributed by atoms with E-state index >= 15 is 0 Å². The molecule has 26 heavy (non-hydrogen) atoms. The van der Waals surface area contributed by atoms with Crippen molar-refractivity contribution >= 4 is 11.6 Å². The van der Waals surface area contributed by atoms with E-state index in [1.54, 1.807) is 36.4 Å². The Bertz CT molecular complexity index is 851. The number of nitrogens with zero attached hydrogens (tertiary/aromatic N) is 1. The van der Waals surface area contributed by atoms with E-state index in [1.165, 1.54) is 6.07 Å². The molecule has 2 aromatic carbocycles. The van der Waals surface area contributed by atoms with Gasteiger partial charge in [-0.05, 0) is 44.0 Å².